The summed E-state index contributed by atoms with van der Waals surface area (Å²) >= 11 is 0. The molecular weight excluding hydrogens is 318 g/mol. The lowest BCUT2D eigenvalue weighted by molar-refractivity contribution is -0.127. The van der Waals surface area contributed by atoms with Gasteiger partial charge in [0.05, 0.1) is 13.7 Å². The molecular formula is C20H25NO4. The van der Waals surface area contributed by atoms with Crippen LogP contribution in [0.25, 0.3) is 0 Å². The lowest BCUT2D eigenvalue weighted by Gasteiger charge is -2.16. The molecule has 0 aliphatic rings. The normalized spacial score (nSPS) is 11.5. The molecule has 0 aromatic heterocycles. The minimum absolute atomic E-state index is 0.199. The van der Waals surface area contributed by atoms with E-state index in [1.165, 1.54) is 0 Å². The third-order valence-corrected chi connectivity index (χ3v) is 3.61. The van der Waals surface area contributed by atoms with Crippen LogP contribution < -0.4 is 19.5 Å². The standard InChI is InChI=1S/C20H25NO4/c1-14-11-15(2)13-17(12-14)24-10-9-21-20(22)16(3)25-19-8-6-5-7-18(19)23-4/h5-8,11-13,16H,9-10H2,1-4H3,(H,21,22). The van der Waals surface area contributed by atoms with Crippen molar-refractivity contribution in [1.29, 1.82) is 0 Å². The first-order valence-electron chi connectivity index (χ1n) is 8.28. The minimum Gasteiger partial charge on any atom is -0.493 e. The van der Waals surface area contributed by atoms with E-state index in [1.807, 2.05) is 38.1 Å². The summed E-state index contributed by atoms with van der Waals surface area (Å²) in [4.78, 5) is 12.1. The second kappa shape index (κ2) is 8.97. The van der Waals surface area contributed by atoms with Gasteiger partial charge in [-0.15, -0.1) is 0 Å². The number of benzene rings is 2. The Labute approximate surface area is 148 Å². The number of carbonyl (C=O) groups is 1. The zero-order valence-electron chi connectivity index (χ0n) is 15.2. The maximum atomic E-state index is 12.1. The van der Waals surface area contributed by atoms with Crippen molar-refractivity contribution in [2.24, 2.45) is 0 Å². The van der Waals surface area contributed by atoms with E-state index in [-0.39, 0.29) is 5.91 Å². The summed E-state index contributed by atoms with van der Waals surface area (Å²) in [6.07, 6.45) is -0.627. The fourth-order valence-electron chi connectivity index (χ4n) is 2.46. The van der Waals surface area contributed by atoms with Gasteiger partial charge in [0, 0.05) is 0 Å². The fraction of sp³-hybridized carbons (Fsp3) is 0.350. The van der Waals surface area contributed by atoms with Crippen LogP contribution in [0.5, 0.6) is 17.2 Å². The van der Waals surface area contributed by atoms with Crippen LogP contribution in [0.3, 0.4) is 0 Å². The molecule has 0 spiro atoms. The van der Waals surface area contributed by atoms with Crippen LogP contribution in [0.4, 0.5) is 0 Å². The van der Waals surface area contributed by atoms with Crippen LogP contribution in [0, 0.1) is 13.8 Å². The highest BCUT2D eigenvalue weighted by Gasteiger charge is 2.16. The lowest BCUT2D eigenvalue weighted by Crippen LogP contribution is -2.38. The third-order valence-electron chi connectivity index (χ3n) is 3.61. The summed E-state index contributed by atoms with van der Waals surface area (Å²) in [7, 11) is 1.57. The average Bonchev–Trinajstić information content (AvgIpc) is 2.58. The largest absolute Gasteiger partial charge is 0.493 e. The van der Waals surface area contributed by atoms with Crippen molar-refractivity contribution in [3.8, 4) is 17.2 Å². The van der Waals surface area contributed by atoms with E-state index < -0.39 is 6.10 Å². The Kier molecular flexibility index (Phi) is 6.69. The highest BCUT2D eigenvalue weighted by Crippen LogP contribution is 2.26. The van der Waals surface area contributed by atoms with Crippen molar-refractivity contribution in [3.63, 3.8) is 0 Å². The van der Waals surface area contributed by atoms with E-state index in [0.717, 1.165) is 16.9 Å². The average molecular weight is 343 g/mol. The molecule has 0 aliphatic carbocycles. The Hall–Kier alpha value is -2.69. The number of aryl methyl sites for hydroxylation is 2. The van der Waals surface area contributed by atoms with Crippen LogP contribution in [-0.4, -0.2) is 32.3 Å². The van der Waals surface area contributed by atoms with Gasteiger partial charge in [0.2, 0.25) is 0 Å². The Morgan fingerprint density at radius 1 is 1.08 bits per heavy atom. The summed E-state index contributed by atoms with van der Waals surface area (Å²) in [5.74, 6) is 1.75. The SMILES string of the molecule is COc1ccccc1OC(C)C(=O)NCCOc1cc(C)cc(C)c1. The predicted octanol–water partition coefficient (Wildman–Crippen LogP) is 3.27. The Morgan fingerprint density at radius 3 is 2.36 bits per heavy atom. The molecule has 1 atom stereocenters. The van der Waals surface area contributed by atoms with Crippen LogP contribution in [-0.2, 0) is 4.79 Å². The molecule has 0 aliphatic heterocycles. The molecule has 0 saturated heterocycles. The number of ether oxygens (including phenoxy) is 3. The number of carbonyl (C=O) groups excluding carboxylic acids is 1. The molecule has 134 valence electrons. The van der Waals surface area contributed by atoms with Crippen molar-refractivity contribution in [1.82, 2.24) is 5.32 Å². The van der Waals surface area contributed by atoms with Crippen LogP contribution >= 0.6 is 0 Å². The number of nitrogens with one attached hydrogen (secondary N) is 1. The molecule has 2 aromatic carbocycles. The van der Waals surface area contributed by atoms with Gasteiger partial charge in [-0.25, -0.2) is 0 Å². The van der Waals surface area contributed by atoms with E-state index in [1.54, 1.807) is 26.2 Å². The molecule has 5 nitrogen and oxygen atoms in total. The number of methoxy groups -OCH3 is 1. The first kappa shape index (κ1) is 18.6. The van der Waals surface area contributed by atoms with Crippen LogP contribution in [0.1, 0.15) is 18.1 Å². The van der Waals surface area contributed by atoms with Gasteiger partial charge in [-0.05, 0) is 56.2 Å². The Morgan fingerprint density at radius 2 is 1.72 bits per heavy atom. The van der Waals surface area contributed by atoms with Gasteiger partial charge in [0.15, 0.2) is 17.6 Å². The Balaban J connectivity index is 1.77. The van der Waals surface area contributed by atoms with Crippen molar-refractivity contribution >= 4 is 5.91 Å². The lowest BCUT2D eigenvalue weighted by atomic mass is 10.1. The molecule has 1 amide bonds. The van der Waals surface area contributed by atoms with E-state index in [0.29, 0.717) is 24.7 Å². The molecule has 0 fully saturated rings. The maximum absolute atomic E-state index is 12.1. The Bertz CT molecular complexity index is 694. The maximum Gasteiger partial charge on any atom is 0.260 e. The molecule has 0 bridgehead atoms. The number of rotatable bonds is 8. The first-order valence-corrected chi connectivity index (χ1v) is 8.28. The smallest absolute Gasteiger partial charge is 0.260 e. The molecule has 25 heavy (non-hydrogen) atoms. The summed E-state index contributed by atoms with van der Waals surface area (Å²) < 4.78 is 16.6. The topological polar surface area (TPSA) is 56.8 Å². The quantitative estimate of drug-likeness (QED) is 0.748. The van der Waals surface area contributed by atoms with Crippen molar-refractivity contribution < 1.29 is 19.0 Å². The number of hydrogen-bond acceptors (Lipinski definition) is 4. The molecule has 1 N–H and O–H groups in total. The second-order valence-corrected chi connectivity index (χ2v) is 5.87. The predicted molar refractivity (Wildman–Crippen MR) is 97.5 cm³/mol. The van der Waals surface area contributed by atoms with Gasteiger partial charge in [0.25, 0.3) is 5.91 Å². The first-order chi connectivity index (χ1) is 12.0. The monoisotopic (exact) mass is 343 g/mol. The minimum atomic E-state index is -0.627. The second-order valence-electron chi connectivity index (χ2n) is 5.87. The summed E-state index contributed by atoms with van der Waals surface area (Å²) in [5.41, 5.74) is 2.30. The van der Waals surface area contributed by atoms with Gasteiger partial charge in [-0.3, -0.25) is 4.79 Å². The molecule has 0 heterocycles. The summed E-state index contributed by atoms with van der Waals surface area (Å²) in [6.45, 7) is 6.56. The van der Waals surface area contributed by atoms with E-state index in [4.69, 9.17) is 14.2 Å². The molecule has 2 rings (SSSR count). The molecule has 0 radical (unpaired) electrons. The van der Waals surface area contributed by atoms with Crippen molar-refractivity contribution in [3.05, 3.63) is 53.6 Å². The zero-order valence-corrected chi connectivity index (χ0v) is 15.2. The van der Waals surface area contributed by atoms with Gasteiger partial charge in [-0.2, -0.15) is 0 Å². The molecule has 2 aromatic rings. The van der Waals surface area contributed by atoms with Crippen molar-refractivity contribution in [2.75, 3.05) is 20.3 Å². The summed E-state index contributed by atoms with van der Waals surface area (Å²) in [5, 5.41) is 2.81. The van der Waals surface area contributed by atoms with Crippen LogP contribution in [0.15, 0.2) is 42.5 Å². The summed E-state index contributed by atoms with van der Waals surface area (Å²) in [6, 6.07) is 13.3. The highest BCUT2D eigenvalue weighted by molar-refractivity contribution is 5.80. The van der Waals surface area contributed by atoms with Gasteiger partial charge in [-0.1, -0.05) is 18.2 Å². The van der Waals surface area contributed by atoms with E-state index >= 15 is 0 Å². The molecule has 0 saturated carbocycles. The van der Waals surface area contributed by atoms with Gasteiger partial charge < -0.3 is 19.5 Å². The highest BCUT2D eigenvalue weighted by atomic mass is 16.5. The number of para-hydroxylation sites is 2. The van der Waals surface area contributed by atoms with Gasteiger partial charge >= 0.3 is 0 Å². The fourth-order valence-corrected chi connectivity index (χ4v) is 2.46. The number of amides is 1. The van der Waals surface area contributed by atoms with E-state index in [2.05, 4.69) is 11.4 Å². The zero-order chi connectivity index (χ0) is 18.2. The van der Waals surface area contributed by atoms with Gasteiger partial charge in [0.1, 0.15) is 12.4 Å². The number of hydrogen-bond donors (Lipinski definition) is 1. The third kappa shape index (κ3) is 5.71. The molecule has 1 unspecified atom stereocenters. The molecule has 5 heteroatoms. The van der Waals surface area contributed by atoms with Crippen molar-refractivity contribution in [2.45, 2.75) is 26.9 Å². The van der Waals surface area contributed by atoms with Crippen LogP contribution in [0.2, 0.25) is 0 Å². The van der Waals surface area contributed by atoms with E-state index in [9.17, 15) is 4.79 Å².